The molecule has 1 saturated heterocycles. The van der Waals surface area contributed by atoms with Gasteiger partial charge in [0.2, 0.25) is 0 Å². The molecule has 3 heterocycles. The van der Waals surface area contributed by atoms with Gasteiger partial charge in [0, 0.05) is 13.1 Å². The highest BCUT2D eigenvalue weighted by atomic mass is 32.2. The number of fused-ring (bicyclic) bond motifs is 7. The summed E-state index contributed by atoms with van der Waals surface area (Å²) >= 11 is 7.65. The van der Waals surface area contributed by atoms with E-state index in [1.165, 1.54) is 22.3 Å². The largest absolute Gasteiger partial charge is 0.337 e. The molecule has 0 spiro atoms. The fourth-order valence-corrected chi connectivity index (χ4v) is 5.88. The number of benzene rings is 2. The van der Waals surface area contributed by atoms with Crippen molar-refractivity contribution in [1.82, 2.24) is 9.80 Å². The molecule has 3 aliphatic heterocycles. The van der Waals surface area contributed by atoms with Crippen molar-refractivity contribution in [2.75, 3.05) is 13.1 Å². The van der Waals surface area contributed by atoms with Crippen molar-refractivity contribution in [3.05, 3.63) is 70.8 Å². The lowest BCUT2D eigenvalue weighted by Crippen LogP contribution is -2.53. The fourth-order valence-electron chi connectivity index (χ4n) is 4.19. The van der Waals surface area contributed by atoms with Crippen LogP contribution in [0, 0.1) is 0 Å². The molecule has 5 rings (SSSR count). The minimum Gasteiger partial charge on any atom is -0.337 e. The summed E-state index contributed by atoms with van der Waals surface area (Å²) in [6, 6.07) is 17.8. The third kappa shape index (κ3) is 2.09. The second-order valence-corrected chi connectivity index (χ2v) is 8.15. The van der Waals surface area contributed by atoms with Crippen LogP contribution in [0.5, 0.6) is 0 Å². The number of nitrogens with zero attached hydrogens (tertiary/aromatic N) is 2. The first-order valence-corrected chi connectivity index (χ1v) is 9.50. The molecule has 0 radical (unpaired) electrons. The predicted octanol–water partition coefficient (Wildman–Crippen LogP) is 4.13. The Labute approximate surface area is 146 Å². The van der Waals surface area contributed by atoms with Crippen molar-refractivity contribution < 1.29 is 0 Å². The van der Waals surface area contributed by atoms with Crippen molar-refractivity contribution in [1.29, 1.82) is 0 Å². The van der Waals surface area contributed by atoms with E-state index in [9.17, 15) is 0 Å². The Kier molecular flexibility index (Phi) is 3.25. The van der Waals surface area contributed by atoms with E-state index in [4.69, 9.17) is 12.2 Å². The van der Waals surface area contributed by atoms with Crippen molar-refractivity contribution in [3.63, 3.8) is 0 Å². The lowest BCUT2D eigenvalue weighted by atomic mass is 9.93. The van der Waals surface area contributed by atoms with Gasteiger partial charge in [-0.05, 0) is 35.1 Å². The summed E-state index contributed by atoms with van der Waals surface area (Å²) in [5.41, 5.74) is 5.88. The smallest absolute Gasteiger partial charge is 0.139 e. The normalized spacial score (nSPS) is 26.1. The van der Waals surface area contributed by atoms with E-state index in [-0.39, 0.29) is 0 Å². The minimum absolute atomic E-state index is 0.312. The zero-order valence-corrected chi connectivity index (χ0v) is 14.4. The third-order valence-electron chi connectivity index (χ3n) is 5.27. The van der Waals surface area contributed by atoms with Gasteiger partial charge in [-0.15, -0.1) is 0 Å². The van der Waals surface area contributed by atoms with Crippen LogP contribution in [0.4, 0.5) is 0 Å². The van der Waals surface area contributed by atoms with E-state index in [0.717, 1.165) is 30.3 Å². The molecule has 0 N–H and O–H groups in total. The highest BCUT2D eigenvalue weighted by Gasteiger charge is 2.44. The number of hydrogen-bond donors (Lipinski definition) is 0. The van der Waals surface area contributed by atoms with Crippen LogP contribution in [0.25, 0.3) is 0 Å². The minimum atomic E-state index is 0.312. The summed E-state index contributed by atoms with van der Waals surface area (Å²) in [5, 5.41) is 0.361. The van der Waals surface area contributed by atoms with E-state index in [1.807, 2.05) is 11.8 Å². The Balaban J connectivity index is 1.64. The number of hydrogen-bond acceptors (Lipinski definition) is 3. The summed E-state index contributed by atoms with van der Waals surface area (Å²) in [6.45, 7) is 2.14. The van der Waals surface area contributed by atoms with Crippen LogP contribution < -0.4 is 0 Å². The predicted molar refractivity (Wildman–Crippen MR) is 99.4 cm³/mol. The van der Waals surface area contributed by atoms with Crippen LogP contribution >= 0.6 is 24.0 Å². The second kappa shape index (κ2) is 5.33. The number of thiocarbonyl (C=S) groups is 1. The van der Waals surface area contributed by atoms with Gasteiger partial charge in [-0.25, -0.2) is 0 Å². The van der Waals surface area contributed by atoms with Gasteiger partial charge in [-0.3, -0.25) is 4.90 Å². The van der Waals surface area contributed by atoms with E-state index < -0.39 is 0 Å². The summed E-state index contributed by atoms with van der Waals surface area (Å²) in [4.78, 5) is 5.09. The van der Waals surface area contributed by atoms with Gasteiger partial charge in [0.25, 0.3) is 0 Å². The lowest BCUT2D eigenvalue weighted by Gasteiger charge is -2.53. The van der Waals surface area contributed by atoms with E-state index in [0.29, 0.717) is 11.5 Å². The van der Waals surface area contributed by atoms with Crippen molar-refractivity contribution in [2.24, 2.45) is 0 Å². The van der Waals surface area contributed by atoms with Crippen LogP contribution in [0.1, 0.15) is 33.8 Å². The Morgan fingerprint density at radius 1 is 0.870 bits per heavy atom. The molecule has 2 nitrogen and oxygen atoms in total. The highest BCUT2D eigenvalue weighted by molar-refractivity contribution is 8.23. The highest BCUT2D eigenvalue weighted by Crippen LogP contribution is 2.50. The number of rotatable bonds is 0. The van der Waals surface area contributed by atoms with Gasteiger partial charge < -0.3 is 4.90 Å². The molecule has 0 bridgehead atoms. The fraction of sp³-hybridized carbons (Fsp3) is 0.316. The van der Waals surface area contributed by atoms with Gasteiger partial charge >= 0.3 is 0 Å². The Hall–Kier alpha value is -1.36. The summed E-state index contributed by atoms with van der Waals surface area (Å²) in [5.74, 6) is 0. The summed E-state index contributed by atoms with van der Waals surface area (Å²) in [7, 11) is 0. The molecule has 1 fully saturated rings. The van der Waals surface area contributed by atoms with Gasteiger partial charge in [0.15, 0.2) is 0 Å². The summed E-state index contributed by atoms with van der Waals surface area (Å²) in [6.07, 6.45) is 2.54. The van der Waals surface area contributed by atoms with Crippen LogP contribution in [-0.2, 0) is 12.8 Å². The monoisotopic (exact) mass is 338 g/mol. The topological polar surface area (TPSA) is 6.48 Å². The molecule has 0 amide bonds. The molecule has 116 valence electrons. The first-order chi connectivity index (χ1) is 11.3. The average Bonchev–Trinajstić information content (AvgIpc) is 2.61. The zero-order chi connectivity index (χ0) is 15.4. The lowest BCUT2D eigenvalue weighted by molar-refractivity contribution is 0.0638. The van der Waals surface area contributed by atoms with Crippen LogP contribution in [-0.4, -0.2) is 27.2 Å². The molecule has 2 aromatic carbocycles. The average molecular weight is 339 g/mol. The Morgan fingerprint density at radius 3 is 2.35 bits per heavy atom. The van der Waals surface area contributed by atoms with E-state index in [2.05, 4.69) is 58.3 Å². The van der Waals surface area contributed by atoms with Gasteiger partial charge in [0.05, 0.1) is 5.37 Å². The Bertz CT molecular complexity index is 788. The zero-order valence-electron chi connectivity index (χ0n) is 12.8. The first-order valence-electron chi connectivity index (χ1n) is 8.21. The SMILES string of the molecule is S=C1S[C@H]2c3ccccc3CCN2[C@H]2c3ccccc3CCN12. The van der Waals surface area contributed by atoms with Gasteiger partial charge in [-0.1, -0.05) is 72.5 Å². The third-order valence-corrected chi connectivity index (χ3v) is 6.98. The van der Waals surface area contributed by atoms with Crippen LogP contribution in [0.3, 0.4) is 0 Å². The number of thioether (sulfide) groups is 1. The summed E-state index contributed by atoms with van der Waals surface area (Å²) < 4.78 is 1.06. The standard InChI is InChI=1S/C19H18N2S2/c22-19-21-12-10-13-5-1-3-7-15(13)17(21)20-11-9-14-6-2-4-8-16(14)18(20)23-19/h1-8,17-18H,9-12H2/t17-,18+/m1/s1. The molecule has 2 aromatic rings. The van der Waals surface area contributed by atoms with E-state index >= 15 is 0 Å². The van der Waals surface area contributed by atoms with Crippen molar-refractivity contribution >= 4 is 28.3 Å². The first kappa shape index (κ1) is 14.0. The van der Waals surface area contributed by atoms with Crippen LogP contribution in [0.15, 0.2) is 48.5 Å². The van der Waals surface area contributed by atoms with Crippen molar-refractivity contribution in [3.8, 4) is 0 Å². The van der Waals surface area contributed by atoms with E-state index in [1.54, 1.807) is 0 Å². The molecule has 0 aliphatic carbocycles. The van der Waals surface area contributed by atoms with Gasteiger partial charge in [-0.2, -0.15) is 0 Å². The maximum atomic E-state index is 5.79. The molecule has 0 aromatic heterocycles. The van der Waals surface area contributed by atoms with Gasteiger partial charge in [0.1, 0.15) is 10.5 Å². The second-order valence-electron chi connectivity index (χ2n) is 6.44. The molecule has 0 saturated carbocycles. The molecular formula is C19H18N2S2. The molecule has 3 aliphatic rings. The molecular weight excluding hydrogens is 320 g/mol. The van der Waals surface area contributed by atoms with Crippen LogP contribution in [0.2, 0.25) is 0 Å². The molecule has 0 unspecified atom stereocenters. The maximum absolute atomic E-state index is 5.79. The molecule has 4 heteroatoms. The maximum Gasteiger partial charge on any atom is 0.139 e. The molecule has 23 heavy (non-hydrogen) atoms. The Morgan fingerprint density at radius 2 is 1.52 bits per heavy atom. The quantitative estimate of drug-likeness (QED) is 0.666. The van der Waals surface area contributed by atoms with Crippen molar-refractivity contribution in [2.45, 2.75) is 24.4 Å². The molecule has 2 atom stereocenters.